The van der Waals surface area contributed by atoms with Crippen molar-refractivity contribution in [1.82, 2.24) is 29.8 Å². The molecule has 0 radical (unpaired) electrons. The number of ether oxygens (including phenoxy) is 4. The SMILES string of the molecule is CCN1C(=O)N2Cc3cc(OC)cc(OC)c3C(C)C=C2C12CCN(Cc1cc(C)cc(C)c1)CC2.CCN1C(=O)N2Cc3cc(OC)cc(OC)c3C(C)C=C2C12CCNCC2.Cl. The van der Waals surface area contributed by atoms with Crippen LogP contribution in [0.4, 0.5) is 9.59 Å². The van der Waals surface area contributed by atoms with E-state index < -0.39 is 0 Å². The van der Waals surface area contributed by atoms with Gasteiger partial charge in [-0.05, 0) is 95.3 Å². The number of benzene rings is 3. The van der Waals surface area contributed by atoms with Crippen molar-refractivity contribution in [2.45, 2.75) is 110 Å². The van der Waals surface area contributed by atoms with Gasteiger partial charge in [0.2, 0.25) is 0 Å². The molecule has 1 N–H and O–H groups in total. The van der Waals surface area contributed by atoms with E-state index in [2.05, 4.69) is 98.0 Å². The minimum absolute atomic E-state index is 0. The number of rotatable bonds is 8. The van der Waals surface area contributed by atoms with Gasteiger partial charge in [-0.2, -0.15) is 0 Å². The third-order valence-electron chi connectivity index (χ3n) is 14.6. The molecule has 0 bridgehead atoms. The maximum Gasteiger partial charge on any atom is 0.325 e. The van der Waals surface area contributed by atoms with Crippen LogP contribution in [0.1, 0.15) is 104 Å². The van der Waals surface area contributed by atoms with Crippen molar-refractivity contribution in [3.63, 3.8) is 0 Å². The van der Waals surface area contributed by atoms with Crippen LogP contribution in [-0.4, -0.2) is 115 Å². The Kier molecular flexibility index (Phi) is 13.9. The first-order valence-corrected chi connectivity index (χ1v) is 23.0. The second kappa shape index (κ2) is 18.9. The third kappa shape index (κ3) is 8.08. The number of piperidine rings is 2. The van der Waals surface area contributed by atoms with Crippen LogP contribution in [0, 0.1) is 13.8 Å². The Balaban J connectivity index is 0.000000196. The van der Waals surface area contributed by atoms with Crippen LogP contribution in [0.5, 0.6) is 23.0 Å². The number of likely N-dealkylation sites (tertiary alicyclic amines) is 1. The summed E-state index contributed by atoms with van der Waals surface area (Å²) in [6.45, 7) is 20.3. The lowest BCUT2D eigenvalue weighted by molar-refractivity contribution is 0.0888. The number of hydrogen-bond donors (Lipinski definition) is 1. The first-order chi connectivity index (χ1) is 30.3. The topological polar surface area (TPSA) is 99.3 Å². The Morgan fingerprint density at radius 1 is 0.625 bits per heavy atom. The first-order valence-electron chi connectivity index (χ1n) is 23.0. The minimum atomic E-state index is -0.252. The molecule has 0 aliphatic carbocycles. The van der Waals surface area contributed by atoms with Gasteiger partial charge in [-0.1, -0.05) is 55.3 Å². The van der Waals surface area contributed by atoms with Gasteiger partial charge in [-0.15, -0.1) is 12.4 Å². The summed E-state index contributed by atoms with van der Waals surface area (Å²) >= 11 is 0. The molecule has 2 atom stereocenters. The molecular formula is C51H69ClN6O6. The molecule has 2 unspecified atom stereocenters. The molecule has 6 aliphatic heterocycles. The molecule has 4 amide bonds. The molecule has 13 heteroatoms. The van der Waals surface area contributed by atoms with Gasteiger partial charge >= 0.3 is 12.1 Å². The standard InChI is InChI=1S/C30H39N3O3.C21H29N3O3.ClH/c1-7-33-29(34)32-19-24-16-25(35-5)17-26(36-6)28(24)22(4)15-27(32)30(33)8-10-31(11-9-30)18-23-13-20(2)12-21(3)14-23;1-5-24-20(25)23-13-15-11-16(26-3)12-17(27-4)19(15)14(2)10-18(23)21(24)6-8-22-9-7-21;/h12-17,22H,7-11,18-19H2,1-6H3;10-12,14,22H,5-9,13H2,1-4H3;1H. The number of halogens is 1. The predicted octanol–water partition coefficient (Wildman–Crippen LogP) is 9.12. The lowest BCUT2D eigenvalue weighted by Gasteiger charge is -2.44. The van der Waals surface area contributed by atoms with E-state index in [1.54, 1.807) is 28.4 Å². The first kappa shape index (κ1) is 47.1. The van der Waals surface area contributed by atoms with Gasteiger partial charge in [0.15, 0.2) is 0 Å². The Bertz CT molecular complexity index is 2280. The van der Waals surface area contributed by atoms with Crippen LogP contribution < -0.4 is 24.3 Å². The fraction of sp³-hybridized carbons (Fsp3) is 0.529. The number of methoxy groups -OCH3 is 4. The fourth-order valence-electron chi connectivity index (χ4n) is 11.9. The van der Waals surface area contributed by atoms with Gasteiger partial charge in [0.25, 0.3) is 0 Å². The lowest BCUT2D eigenvalue weighted by atomic mass is 9.82. The monoisotopic (exact) mass is 896 g/mol. The Hall–Kier alpha value is -4.91. The zero-order valence-corrected chi connectivity index (χ0v) is 40.5. The van der Waals surface area contributed by atoms with E-state index in [4.69, 9.17) is 18.9 Å². The quantitative estimate of drug-likeness (QED) is 0.239. The summed E-state index contributed by atoms with van der Waals surface area (Å²) in [6.07, 6.45) is 8.43. The largest absolute Gasteiger partial charge is 0.497 e. The molecule has 3 aromatic carbocycles. The van der Waals surface area contributed by atoms with Crippen molar-refractivity contribution < 1.29 is 28.5 Å². The van der Waals surface area contributed by atoms with Crippen LogP contribution in [0.25, 0.3) is 0 Å². The maximum atomic E-state index is 13.8. The third-order valence-corrected chi connectivity index (χ3v) is 14.6. The van der Waals surface area contributed by atoms with Crippen molar-refractivity contribution in [3.05, 3.63) is 105 Å². The van der Waals surface area contributed by atoms with Crippen LogP contribution in [0.15, 0.2) is 66.0 Å². The van der Waals surface area contributed by atoms with E-state index in [0.29, 0.717) is 19.6 Å². The number of carbonyl (C=O) groups is 2. The number of carbonyl (C=O) groups excluding carboxylic acids is 2. The Morgan fingerprint density at radius 2 is 1.06 bits per heavy atom. The average Bonchev–Trinajstić information content (AvgIpc) is 3.43. The highest BCUT2D eigenvalue weighted by Crippen LogP contribution is 2.50. The molecule has 4 saturated heterocycles. The molecule has 2 spiro atoms. The summed E-state index contributed by atoms with van der Waals surface area (Å²) in [5, 5.41) is 3.45. The molecule has 6 heterocycles. The normalized spacial score (nSPS) is 21.9. The summed E-state index contributed by atoms with van der Waals surface area (Å²) in [5.41, 5.74) is 10.4. The number of aryl methyl sites for hydroxylation is 2. The van der Waals surface area contributed by atoms with Crippen LogP contribution in [0.3, 0.4) is 0 Å². The number of amides is 4. The molecule has 0 aromatic heterocycles. The smallest absolute Gasteiger partial charge is 0.325 e. The second-order valence-electron chi connectivity index (χ2n) is 18.3. The number of allylic oxidation sites excluding steroid dienone is 2. The van der Waals surface area contributed by atoms with E-state index in [1.165, 1.54) is 28.1 Å². The molecule has 12 nitrogen and oxygen atoms in total. The lowest BCUT2D eigenvalue weighted by Crippen LogP contribution is -2.53. The van der Waals surface area contributed by atoms with E-state index in [-0.39, 0.29) is 47.4 Å². The molecule has 346 valence electrons. The molecule has 64 heavy (non-hydrogen) atoms. The van der Waals surface area contributed by atoms with Crippen molar-refractivity contribution in [2.75, 3.05) is 67.7 Å². The van der Waals surface area contributed by atoms with E-state index in [0.717, 1.165) is 110 Å². The fourth-order valence-corrected chi connectivity index (χ4v) is 11.9. The zero-order valence-electron chi connectivity index (χ0n) is 39.6. The van der Waals surface area contributed by atoms with Gasteiger partial charge in [0, 0.05) is 79.2 Å². The van der Waals surface area contributed by atoms with E-state index in [1.807, 2.05) is 28.0 Å². The minimum Gasteiger partial charge on any atom is -0.497 e. The molecule has 0 saturated carbocycles. The molecule has 3 aromatic rings. The summed E-state index contributed by atoms with van der Waals surface area (Å²) in [6, 6.07) is 15.1. The van der Waals surface area contributed by atoms with Crippen molar-refractivity contribution in [3.8, 4) is 23.0 Å². The summed E-state index contributed by atoms with van der Waals surface area (Å²) < 4.78 is 22.5. The highest BCUT2D eigenvalue weighted by atomic mass is 35.5. The number of nitrogens with zero attached hydrogens (tertiary/aromatic N) is 5. The summed E-state index contributed by atoms with van der Waals surface area (Å²) in [4.78, 5) is 37.9. The van der Waals surface area contributed by atoms with Crippen LogP contribution >= 0.6 is 12.4 Å². The second-order valence-corrected chi connectivity index (χ2v) is 18.3. The molecule has 4 fully saturated rings. The van der Waals surface area contributed by atoms with Gasteiger partial charge in [0.05, 0.1) is 52.6 Å². The van der Waals surface area contributed by atoms with Gasteiger partial charge < -0.3 is 34.1 Å². The summed E-state index contributed by atoms with van der Waals surface area (Å²) in [5.74, 6) is 3.47. The Labute approximate surface area is 386 Å². The summed E-state index contributed by atoms with van der Waals surface area (Å²) in [7, 11) is 6.73. The van der Waals surface area contributed by atoms with Gasteiger partial charge in [-0.25, -0.2) is 9.59 Å². The molecule has 6 aliphatic rings. The van der Waals surface area contributed by atoms with Crippen molar-refractivity contribution >= 4 is 24.5 Å². The maximum absolute atomic E-state index is 13.8. The number of hydrogen-bond acceptors (Lipinski definition) is 8. The number of urea groups is 2. The predicted molar refractivity (Wildman–Crippen MR) is 254 cm³/mol. The highest BCUT2D eigenvalue weighted by Gasteiger charge is 2.56. The van der Waals surface area contributed by atoms with E-state index >= 15 is 0 Å². The van der Waals surface area contributed by atoms with Gasteiger partial charge in [0.1, 0.15) is 23.0 Å². The Morgan fingerprint density at radius 3 is 1.47 bits per heavy atom. The number of fused-ring (bicyclic) bond motifs is 6. The van der Waals surface area contributed by atoms with Gasteiger partial charge in [-0.3, -0.25) is 14.7 Å². The molecular weight excluding hydrogens is 828 g/mol. The van der Waals surface area contributed by atoms with Crippen molar-refractivity contribution in [2.24, 2.45) is 0 Å². The molecule has 9 rings (SSSR count). The number of likely N-dealkylation sites (N-methyl/N-ethyl adjacent to an activating group) is 2. The average molecular weight is 898 g/mol. The van der Waals surface area contributed by atoms with Crippen molar-refractivity contribution in [1.29, 1.82) is 0 Å². The van der Waals surface area contributed by atoms with Crippen LogP contribution in [0.2, 0.25) is 0 Å². The van der Waals surface area contributed by atoms with E-state index in [9.17, 15) is 9.59 Å². The zero-order chi connectivity index (χ0) is 44.8. The highest BCUT2D eigenvalue weighted by molar-refractivity contribution is 5.85. The van der Waals surface area contributed by atoms with Crippen LogP contribution in [-0.2, 0) is 19.6 Å². The number of nitrogens with one attached hydrogen (secondary N) is 1.